The fourth-order valence-electron chi connectivity index (χ4n) is 5.14. The van der Waals surface area contributed by atoms with Crippen LogP contribution in [0.1, 0.15) is 49.8 Å². The summed E-state index contributed by atoms with van der Waals surface area (Å²) < 4.78 is 54.8. The Morgan fingerprint density at radius 2 is 1.95 bits per heavy atom. The summed E-state index contributed by atoms with van der Waals surface area (Å²) in [5.74, 6) is -2.61. The summed E-state index contributed by atoms with van der Waals surface area (Å²) in [7, 11) is 0. The highest BCUT2D eigenvalue weighted by molar-refractivity contribution is 6.30. The molecule has 8 nitrogen and oxygen atoms in total. The Labute approximate surface area is 252 Å². The van der Waals surface area contributed by atoms with Crippen molar-refractivity contribution in [3.05, 3.63) is 92.8 Å². The number of amides is 2. The minimum Gasteiger partial charge on any atom is -0.378 e. The number of halogens is 4. The highest BCUT2D eigenvalue weighted by atomic mass is 35.5. The van der Waals surface area contributed by atoms with Crippen molar-refractivity contribution in [1.82, 2.24) is 9.88 Å². The number of primary amides is 1. The van der Waals surface area contributed by atoms with E-state index in [0.29, 0.717) is 40.3 Å². The number of nitrogens with two attached hydrogens (primary N) is 1. The van der Waals surface area contributed by atoms with Crippen LogP contribution in [0.3, 0.4) is 0 Å². The zero-order valence-electron chi connectivity index (χ0n) is 23.6. The quantitative estimate of drug-likeness (QED) is 0.293. The third kappa shape index (κ3) is 7.84. The molecule has 3 atom stereocenters. The van der Waals surface area contributed by atoms with Crippen molar-refractivity contribution in [2.45, 2.75) is 70.3 Å². The predicted molar refractivity (Wildman–Crippen MR) is 156 cm³/mol. The molecular weight excluding hydrogens is 587 g/mol. The molecule has 12 heteroatoms. The van der Waals surface area contributed by atoms with E-state index in [1.165, 1.54) is 29.8 Å². The van der Waals surface area contributed by atoms with Crippen LogP contribution in [-0.4, -0.2) is 41.6 Å². The molecule has 2 aliphatic rings. The van der Waals surface area contributed by atoms with E-state index in [1.807, 2.05) is 0 Å². The number of hydrogen-bond acceptors (Lipinski definition) is 5. The van der Waals surface area contributed by atoms with Gasteiger partial charge in [0.15, 0.2) is 0 Å². The van der Waals surface area contributed by atoms with Crippen molar-refractivity contribution in [2.75, 3.05) is 6.61 Å². The third-order valence-corrected chi connectivity index (χ3v) is 7.81. The zero-order chi connectivity index (χ0) is 31.3. The van der Waals surface area contributed by atoms with Crippen LogP contribution in [0.2, 0.25) is 5.02 Å². The average molecular weight is 620 g/mol. The summed E-state index contributed by atoms with van der Waals surface area (Å²) in [6.45, 7) is 5.04. The van der Waals surface area contributed by atoms with E-state index in [4.69, 9.17) is 26.8 Å². The number of benzene rings is 1. The number of alkyl halides is 2. The minimum atomic E-state index is -2.75. The smallest absolute Gasteiger partial charge is 0.264 e. The molecule has 0 spiro atoms. The van der Waals surface area contributed by atoms with E-state index >= 15 is 0 Å². The number of aromatic nitrogens is 1. The van der Waals surface area contributed by atoms with Crippen LogP contribution < -0.4 is 16.6 Å². The molecule has 1 aromatic heterocycles. The van der Waals surface area contributed by atoms with E-state index in [2.05, 4.69) is 11.9 Å². The van der Waals surface area contributed by atoms with Crippen molar-refractivity contribution in [1.29, 1.82) is 0 Å². The number of hydrogen-bond donors (Lipinski definition) is 2. The van der Waals surface area contributed by atoms with Gasteiger partial charge in [-0.15, -0.1) is 0 Å². The number of nitrogens with zero attached hydrogens (tertiary/aromatic N) is 1. The molecule has 2 aromatic rings. The molecule has 1 saturated heterocycles. The lowest BCUT2D eigenvalue weighted by atomic mass is 9.92. The number of pyridine rings is 1. The second-order valence-electron chi connectivity index (χ2n) is 10.5. The molecule has 3 unspecified atom stereocenters. The molecule has 0 radical (unpaired) electrons. The lowest BCUT2D eigenvalue weighted by Gasteiger charge is -2.29. The van der Waals surface area contributed by atoms with Gasteiger partial charge in [0.05, 0.1) is 12.7 Å². The van der Waals surface area contributed by atoms with Crippen molar-refractivity contribution in [3.8, 4) is 11.1 Å². The van der Waals surface area contributed by atoms with Gasteiger partial charge in [-0.1, -0.05) is 24.2 Å². The van der Waals surface area contributed by atoms with E-state index in [0.717, 1.165) is 18.9 Å². The molecule has 2 aliphatic heterocycles. The fraction of sp³-hybridized carbons (Fsp3) is 0.387. The Morgan fingerprint density at radius 3 is 2.60 bits per heavy atom. The Morgan fingerprint density at radius 1 is 1.21 bits per heavy atom. The first-order valence-electron chi connectivity index (χ1n) is 13.8. The summed E-state index contributed by atoms with van der Waals surface area (Å²) in [5, 5.41) is 2.94. The van der Waals surface area contributed by atoms with E-state index in [-0.39, 0.29) is 36.8 Å². The van der Waals surface area contributed by atoms with Gasteiger partial charge in [0.1, 0.15) is 18.0 Å². The van der Waals surface area contributed by atoms with Gasteiger partial charge in [-0.25, -0.2) is 13.2 Å². The molecule has 0 saturated carbocycles. The number of fused-ring (bicyclic) bond motifs is 3. The van der Waals surface area contributed by atoms with Gasteiger partial charge < -0.3 is 25.1 Å². The Balaban J connectivity index is 1.78. The molecule has 3 N–H and O–H groups in total. The van der Waals surface area contributed by atoms with Crippen LogP contribution in [0, 0.1) is 0 Å². The van der Waals surface area contributed by atoms with Crippen LogP contribution in [-0.2, 0) is 32.1 Å². The third-order valence-electron chi connectivity index (χ3n) is 7.58. The number of carbonyl (C=O) groups excluding carboxylic acids is 2. The highest BCUT2D eigenvalue weighted by Crippen LogP contribution is 2.34. The van der Waals surface area contributed by atoms with Crippen molar-refractivity contribution < 1.29 is 32.2 Å². The lowest BCUT2D eigenvalue weighted by Crippen LogP contribution is -2.39. The van der Waals surface area contributed by atoms with Crippen molar-refractivity contribution in [2.24, 2.45) is 5.73 Å². The highest BCUT2D eigenvalue weighted by Gasteiger charge is 2.31. The maximum atomic E-state index is 14.5. The van der Waals surface area contributed by atoms with Gasteiger partial charge in [0.25, 0.3) is 12.0 Å². The normalized spacial score (nSPS) is 20.2. The summed E-state index contributed by atoms with van der Waals surface area (Å²) in [4.78, 5) is 38.7. The van der Waals surface area contributed by atoms with Crippen molar-refractivity contribution >= 4 is 23.4 Å². The van der Waals surface area contributed by atoms with E-state index in [9.17, 15) is 27.6 Å². The number of allylic oxidation sites excluding steroid dienone is 3. The fourth-order valence-corrected chi connectivity index (χ4v) is 5.31. The molecule has 230 valence electrons. The maximum absolute atomic E-state index is 14.5. The number of carbonyl (C=O) groups is 2. The second-order valence-corrected chi connectivity index (χ2v) is 11.0. The van der Waals surface area contributed by atoms with E-state index in [1.54, 1.807) is 18.2 Å². The molecule has 4 rings (SSSR count). The first-order valence-corrected chi connectivity index (χ1v) is 14.2. The maximum Gasteiger partial charge on any atom is 0.264 e. The molecule has 1 aromatic carbocycles. The van der Waals surface area contributed by atoms with Crippen molar-refractivity contribution in [3.63, 3.8) is 0 Å². The van der Waals surface area contributed by atoms with Crippen LogP contribution in [0.5, 0.6) is 0 Å². The SMILES string of the molecule is C=C/C(=C\C(F)=C(/C)C(N)=O)NC(=O)C(CC1CCCCO1)n1cc2c(cc1=O)-c1cc(Cl)ccc1CC(C(F)F)OC2. The van der Waals surface area contributed by atoms with Crippen LogP contribution in [0.25, 0.3) is 11.1 Å². The first kappa shape index (κ1) is 32.2. The Hall–Kier alpha value is -3.67. The summed E-state index contributed by atoms with van der Waals surface area (Å²) in [6, 6.07) is 5.03. The van der Waals surface area contributed by atoms with Crippen LogP contribution >= 0.6 is 11.6 Å². The molecule has 43 heavy (non-hydrogen) atoms. The predicted octanol–water partition coefficient (Wildman–Crippen LogP) is 5.29. The lowest BCUT2D eigenvalue weighted by molar-refractivity contribution is -0.125. The summed E-state index contributed by atoms with van der Waals surface area (Å²) >= 11 is 6.24. The zero-order valence-corrected chi connectivity index (χ0v) is 24.3. The largest absolute Gasteiger partial charge is 0.378 e. The Bertz CT molecular complexity index is 1510. The minimum absolute atomic E-state index is 0.0661. The first-order chi connectivity index (χ1) is 20.5. The van der Waals surface area contributed by atoms with Gasteiger partial charge in [-0.3, -0.25) is 14.4 Å². The number of ether oxygens (including phenoxy) is 2. The number of rotatable bonds is 9. The standard InChI is InChI=1S/C31H33ClF3N3O5/c1-3-21(12-25(33)17(2)30(36)40)37-31(41)26(13-22-6-4-5-9-42-22)38-15-19-16-43-27(29(34)35)10-18-7-8-20(32)11-23(18)24(19)14-28(38)39/h3,7-8,11-12,14-15,22,26-27,29H,1,4-6,9-10,13,16H2,2H3,(H2,36,40)(H,37,41)/b21-12+,25-17-. The topological polar surface area (TPSA) is 113 Å². The molecule has 3 heterocycles. The Kier molecular flexibility index (Phi) is 10.6. The summed E-state index contributed by atoms with van der Waals surface area (Å²) in [6.07, 6.45) is 1.45. The van der Waals surface area contributed by atoms with Gasteiger partial charge in [0.2, 0.25) is 11.8 Å². The van der Waals surface area contributed by atoms with Crippen LogP contribution in [0.4, 0.5) is 13.2 Å². The van der Waals surface area contributed by atoms with Gasteiger partial charge in [-0.2, -0.15) is 0 Å². The van der Waals surface area contributed by atoms with Crippen LogP contribution in [0.15, 0.2) is 71.1 Å². The van der Waals surface area contributed by atoms with Gasteiger partial charge >= 0.3 is 0 Å². The molecule has 0 aliphatic carbocycles. The molecule has 1 fully saturated rings. The average Bonchev–Trinajstić information content (AvgIpc) is 2.97. The molecule has 2 amide bonds. The molecular formula is C31H33ClF3N3O5. The van der Waals surface area contributed by atoms with Gasteiger partial charge in [-0.05, 0) is 67.2 Å². The summed E-state index contributed by atoms with van der Waals surface area (Å²) in [5.41, 5.74) is 6.13. The second kappa shape index (κ2) is 14.2. The number of nitrogens with one attached hydrogen (secondary N) is 1. The van der Waals surface area contributed by atoms with Gasteiger partial charge in [0, 0.05) is 53.6 Å². The van der Waals surface area contributed by atoms with E-state index < -0.39 is 41.8 Å². The molecule has 0 bridgehead atoms. The monoisotopic (exact) mass is 619 g/mol.